The molecule has 0 aliphatic carbocycles. The molecule has 1 N–H and O–H groups in total. The number of nitrogens with one attached hydrogen (secondary N) is 1. The Bertz CT molecular complexity index is 1110. The molecule has 0 unspecified atom stereocenters. The van der Waals surface area contributed by atoms with Crippen LogP contribution in [0.2, 0.25) is 0 Å². The molecule has 10 heteroatoms. The minimum Gasteiger partial charge on any atom is -0.493 e. The molecule has 9 nitrogen and oxygen atoms in total. The number of benzene rings is 1. The van der Waals surface area contributed by atoms with E-state index < -0.39 is 30.0 Å². The van der Waals surface area contributed by atoms with Crippen molar-refractivity contribution in [1.82, 2.24) is 10.3 Å². The number of aromatic nitrogens is 1. The molecular weight excluding hydrogens is 483 g/mol. The van der Waals surface area contributed by atoms with Gasteiger partial charge in [0.05, 0.1) is 20.1 Å². The molecule has 1 aromatic carbocycles. The number of nitrogens with zero attached hydrogens (tertiary/aromatic N) is 1. The number of rotatable bonds is 12. The molecule has 2 aromatic rings. The van der Waals surface area contributed by atoms with Crippen molar-refractivity contribution in [2.75, 3.05) is 20.8 Å². The summed E-state index contributed by atoms with van der Waals surface area (Å²) in [4.78, 5) is 42.0. The Morgan fingerprint density at radius 2 is 1.78 bits per heavy atom. The predicted molar refractivity (Wildman–Crippen MR) is 134 cm³/mol. The Hall–Kier alpha value is -3.53. The van der Waals surface area contributed by atoms with Gasteiger partial charge in [-0.25, -0.2) is 14.2 Å². The van der Waals surface area contributed by atoms with Gasteiger partial charge < -0.3 is 24.3 Å². The fourth-order valence-electron chi connectivity index (χ4n) is 4.05. The molecule has 0 radical (unpaired) electrons. The first-order chi connectivity index (χ1) is 17.5. The normalized spacial score (nSPS) is 13.4. The number of carbonyl (C=O) groups excluding carboxylic acids is 3. The summed E-state index contributed by atoms with van der Waals surface area (Å²) in [6.07, 6.45) is 0.730. The highest BCUT2D eigenvalue weighted by atomic mass is 19.1. The lowest BCUT2D eigenvalue weighted by Crippen LogP contribution is -2.42. The maximum Gasteiger partial charge on any atom is 0.328 e. The van der Waals surface area contributed by atoms with Crippen LogP contribution in [0.1, 0.15) is 61.6 Å². The summed E-state index contributed by atoms with van der Waals surface area (Å²) in [5.41, 5.74) is 1.42. The van der Waals surface area contributed by atoms with Gasteiger partial charge in [0, 0.05) is 25.3 Å². The maximum absolute atomic E-state index is 13.6. The lowest BCUT2D eigenvalue weighted by Gasteiger charge is -2.30. The van der Waals surface area contributed by atoms with Crippen LogP contribution in [0, 0.1) is 18.7 Å². The van der Waals surface area contributed by atoms with Crippen LogP contribution >= 0.6 is 0 Å². The topological polar surface area (TPSA) is 113 Å². The Morgan fingerprint density at radius 3 is 2.38 bits per heavy atom. The second-order valence-electron chi connectivity index (χ2n) is 9.02. The fraction of sp³-hybridized carbons (Fsp3) is 0.481. The number of methoxy groups -OCH3 is 2. The molecule has 1 heterocycles. The third-order valence-electron chi connectivity index (χ3n) is 5.85. The molecule has 0 saturated heterocycles. The van der Waals surface area contributed by atoms with E-state index in [0.717, 1.165) is 11.1 Å². The van der Waals surface area contributed by atoms with Gasteiger partial charge in [-0.3, -0.25) is 9.59 Å². The molecule has 0 bridgehead atoms. The average Bonchev–Trinajstić information content (AvgIpc) is 2.83. The highest BCUT2D eigenvalue weighted by Crippen LogP contribution is 2.33. The minimum absolute atomic E-state index is 0.0409. The molecule has 0 fully saturated rings. The summed E-state index contributed by atoms with van der Waals surface area (Å²) in [7, 11) is 2.81. The summed E-state index contributed by atoms with van der Waals surface area (Å²) >= 11 is 0. The molecule has 0 aliphatic heterocycles. The second kappa shape index (κ2) is 13.7. The predicted octanol–water partition coefficient (Wildman–Crippen LogP) is 3.97. The molecule has 0 spiro atoms. The van der Waals surface area contributed by atoms with E-state index in [1.807, 2.05) is 20.8 Å². The largest absolute Gasteiger partial charge is 0.493 e. The smallest absolute Gasteiger partial charge is 0.328 e. The van der Waals surface area contributed by atoms with Crippen LogP contribution in [0.3, 0.4) is 0 Å². The van der Waals surface area contributed by atoms with Crippen LogP contribution in [0.25, 0.3) is 0 Å². The van der Waals surface area contributed by atoms with Gasteiger partial charge in [0.25, 0.3) is 5.91 Å². The molecule has 2 rings (SSSR count). The number of ether oxygens (including phenoxy) is 4. The van der Waals surface area contributed by atoms with Crippen molar-refractivity contribution in [2.45, 2.75) is 59.1 Å². The molecule has 0 saturated carbocycles. The Balaban J connectivity index is 2.16. The van der Waals surface area contributed by atoms with E-state index in [2.05, 4.69) is 10.3 Å². The summed E-state index contributed by atoms with van der Waals surface area (Å²) in [5.74, 6) is -2.51. The SMILES string of the molecule is COCCC(=O)Oc1c(OC)ccnc1C(=O)N[C@@H](C)C(=O)O[C@@H](C)[C@H](c1ccc(F)cc1C)C(C)C. The van der Waals surface area contributed by atoms with Crippen molar-refractivity contribution in [2.24, 2.45) is 5.92 Å². The number of halogens is 1. The number of amides is 1. The van der Waals surface area contributed by atoms with Crippen molar-refractivity contribution < 1.29 is 37.7 Å². The molecule has 37 heavy (non-hydrogen) atoms. The van der Waals surface area contributed by atoms with E-state index in [-0.39, 0.29) is 47.9 Å². The van der Waals surface area contributed by atoms with Gasteiger partial charge in [0.2, 0.25) is 5.75 Å². The lowest BCUT2D eigenvalue weighted by molar-refractivity contribution is -0.151. The van der Waals surface area contributed by atoms with Gasteiger partial charge in [0.1, 0.15) is 18.0 Å². The fourth-order valence-corrected chi connectivity index (χ4v) is 4.05. The first-order valence-electron chi connectivity index (χ1n) is 12.0. The molecule has 3 atom stereocenters. The second-order valence-corrected chi connectivity index (χ2v) is 9.02. The van der Waals surface area contributed by atoms with E-state index in [1.54, 1.807) is 13.0 Å². The Labute approximate surface area is 216 Å². The number of carbonyl (C=O) groups is 3. The molecule has 202 valence electrons. The van der Waals surface area contributed by atoms with Gasteiger partial charge in [-0.15, -0.1) is 0 Å². The van der Waals surface area contributed by atoms with Crippen LogP contribution in [0.5, 0.6) is 11.5 Å². The highest BCUT2D eigenvalue weighted by Gasteiger charge is 2.30. The highest BCUT2D eigenvalue weighted by molar-refractivity contribution is 5.98. The lowest BCUT2D eigenvalue weighted by atomic mass is 9.82. The summed E-state index contributed by atoms with van der Waals surface area (Å²) in [6.45, 7) is 9.18. The van der Waals surface area contributed by atoms with E-state index >= 15 is 0 Å². The molecule has 1 amide bonds. The summed E-state index contributed by atoms with van der Waals surface area (Å²) < 4.78 is 34.7. The van der Waals surface area contributed by atoms with E-state index in [4.69, 9.17) is 18.9 Å². The van der Waals surface area contributed by atoms with Crippen LogP contribution < -0.4 is 14.8 Å². The summed E-state index contributed by atoms with van der Waals surface area (Å²) in [5, 5.41) is 2.54. The van der Waals surface area contributed by atoms with E-state index in [9.17, 15) is 18.8 Å². The first kappa shape index (κ1) is 29.7. The zero-order chi connectivity index (χ0) is 27.7. The Kier molecular flexibility index (Phi) is 11.0. The van der Waals surface area contributed by atoms with Crippen LogP contribution in [-0.4, -0.2) is 55.8 Å². The van der Waals surface area contributed by atoms with Gasteiger partial charge >= 0.3 is 11.9 Å². The van der Waals surface area contributed by atoms with Crippen molar-refractivity contribution in [3.63, 3.8) is 0 Å². The van der Waals surface area contributed by atoms with Gasteiger partial charge in [0.15, 0.2) is 11.4 Å². The van der Waals surface area contributed by atoms with Gasteiger partial charge in [-0.2, -0.15) is 0 Å². The number of pyridine rings is 1. The number of esters is 2. The van der Waals surface area contributed by atoms with E-state index in [0.29, 0.717) is 0 Å². The van der Waals surface area contributed by atoms with Crippen molar-refractivity contribution in [3.8, 4) is 11.5 Å². The van der Waals surface area contributed by atoms with Crippen LogP contribution in [-0.2, 0) is 19.1 Å². The monoisotopic (exact) mass is 518 g/mol. The Morgan fingerprint density at radius 1 is 1.08 bits per heavy atom. The van der Waals surface area contributed by atoms with Crippen molar-refractivity contribution in [1.29, 1.82) is 0 Å². The molecule has 1 aromatic heterocycles. The summed E-state index contributed by atoms with van der Waals surface area (Å²) in [6, 6.07) is 4.94. The van der Waals surface area contributed by atoms with E-state index in [1.165, 1.54) is 45.5 Å². The molecule has 0 aliphatic rings. The number of aryl methyl sites for hydroxylation is 1. The minimum atomic E-state index is -1.04. The number of hydrogen-bond donors (Lipinski definition) is 1. The van der Waals surface area contributed by atoms with Crippen molar-refractivity contribution >= 4 is 17.8 Å². The quantitative estimate of drug-likeness (QED) is 0.420. The van der Waals surface area contributed by atoms with Gasteiger partial charge in [-0.05, 0) is 49.9 Å². The molecular formula is C27H35FN2O7. The third-order valence-corrected chi connectivity index (χ3v) is 5.85. The maximum atomic E-state index is 13.6. The standard InChI is InChI=1S/C27H35FN2O7/c1-15(2)23(20-9-8-19(28)14-16(20)3)18(5)36-27(33)17(4)30-26(32)24-25(21(35-7)10-12-29-24)37-22(31)11-13-34-6/h8-10,12,14-15,17-18,23H,11,13H2,1-7H3,(H,30,32)/t17-,18-,23+/m0/s1. The average molecular weight is 519 g/mol. The van der Waals surface area contributed by atoms with Gasteiger partial charge in [-0.1, -0.05) is 19.9 Å². The third kappa shape index (κ3) is 7.98. The van der Waals surface area contributed by atoms with Crippen molar-refractivity contribution in [3.05, 3.63) is 53.1 Å². The van der Waals surface area contributed by atoms with Crippen LogP contribution in [0.15, 0.2) is 30.5 Å². The zero-order valence-corrected chi connectivity index (χ0v) is 22.3. The van der Waals surface area contributed by atoms with Crippen LogP contribution in [0.4, 0.5) is 4.39 Å². The zero-order valence-electron chi connectivity index (χ0n) is 22.3. The first-order valence-corrected chi connectivity index (χ1v) is 12.0. The number of hydrogen-bond acceptors (Lipinski definition) is 8.